The van der Waals surface area contributed by atoms with Crippen LogP contribution in [0.1, 0.15) is 21.1 Å². The van der Waals surface area contributed by atoms with Crippen LogP contribution in [0.15, 0.2) is 24.8 Å². The van der Waals surface area contributed by atoms with E-state index >= 15 is 0 Å². The third-order valence-corrected chi connectivity index (χ3v) is 1.98. The van der Waals surface area contributed by atoms with Gasteiger partial charge < -0.3 is 15.0 Å². The van der Waals surface area contributed by atoms with E-state index in [1.807, 2.05) is 0 Å². The minimum Gasteiger partial charge on any atom is -0.857 e. The van der Waals surface area contributed by atoms with Crippen LogP contribution in [-0.2, 0) is 7.05 Å². The molecule has 2 aromatic rings. The fourth-order valence-corrected chi connectivity index (χ4v) is 1.08. The SMILES string of the molecule is CNc1cn(C)c(C=O)n1.C[O-].O=Cc1cnccn1.[K+]. The Bertz CT molecular complexity index is 519. The molecular weight excluding hydrogens is 301 g/mol. The Hall–Kier alpha value is -0.974. The quantitative estimate of drug-likeness (QED) is 0.462. The fraction of sp³-hybridized carbons (Fsp3) is 0.250. The number of anilines is 1. The van der Waals surface area contributed by atoms with Gasteiger partial charge in [0, 0.05) is 32.7 Å². The summed E-state index contributed by atoms with van der Waals surface area (Å²) < 4.78 is 1.67. The smallest absolute Gasteiger partial charge is 0.857 e. The molecule has 0 aliphatic rings. The number of aldehydes is 2. The Morgan fingerprint density at radius 2 is 1.90 bits per heavy atom. The molecule has 8 nitrogen and oxygen atoms in total. The Kier molecular flexibility index (Phi) is 14.9. The molecular formula is C12H16KN5O3. The van der Waals surface area contributed by atoms with E-state index in [9.17, 15) is 9.59 Å². The van der Waals surface area contributed by atoms with Crippen LogP contribution in [0.3, 0.4) is 0 Å². The van der Waals surface area contributed by atoms with E-state index in [2.05, 4.69) is 20.3 Å². The molecule has 2 rings (SSSR count). The van der Waals surface area contributed by atoms with Gasteiger partial charge in [-0.1, -0.05) is 0 Å². The summed E-state index contributed by atoms with van der Waals surface area (Å²) in [5.41, 5.74) is 0.368. The molecule has 0 fully saturated rings. The molecule has 0 aliphatic heterocycles. The van der Waals surface area contributed by atoms with E-state index in [0.29, 0.717) is 23.6 Å². The number of carbonyl (C=O) groups excluding carboxylic acids is 2. The van der Waals surface area contributed by atoms with E-state index in [0.717, 1.165) is 13.4 Å². The first-order chi connectivity index (χ1) is 9.71. The van der Waals surface area contributed by atoms with Gasteiger partial charge in [0.25, 0.3) is 0 Å². The second-order valence-electron chi connectivity index (χ2n) is 3.21. The Morgan fingerprint density at radius 3 is 2.19 bits per heavy atom. The Balaban J connectivity index is 0. The zero-order chi connectivity index (χ0) is 15.4. The fourth-order valence-electron chi connectivity index (χ4n) is 1.08. The van der Waals surface area contributed by atoms with Gasteiger partial charge in [-0.2, -0.15) is 7.11 Å². The van der Waals surface area contributed by atoms with Crippen molar-refractivity contribution < 1.29 is 66.1 Å². The van der Waals surface area contributed by atoms with E-state index in [-0.39, 0.29) is 51.4 Å². The van der Waals surface area contributed by atoms with Crippen molar-refractivity contribution in [2.75, 3.05) is 19.5 Å². The molecule has 0 saturated heterocycles. The van der Waals surface area contributed by atoms with Crippen LogP contribution in [-0.4, -0.2) is 46.2 Å². The minimum atomic E-state index is 0. The van der Waals surface area contributed by atoms with Crippen LogP contribution in [0.5, 0.6) is 0 Å². The van der Waals surface area contributed by atoms with Crippen molar-refractivity contribution in [3.05, 3.63) is 36.3 Å². The van der Waals surface area contributed by atoms with E-state index in [1.165, 1.54) is 18.6 Å². The number of aromatic nitrogens is 4. The molecule has 0 atom stereocenters. The molecule has 0 spiro atoms. The zero-order valence-electron chi connectivity index (χ0n) is 12.5. The van der Waals surface area contributed by atoms with Gasteiger partial charge in [-0.25, -0.2) is 4.98 Å². The molecule has 0 aromatic carbocycles. The molecule has 0 amide bonds. The zero-order valence-corrected chi connectivity index (χ0v) is 15.6. The number of hydrogen-bond donors (Lipinski definition) is 1. The summed E-state index contributed by atoms with van der Waals surface area (Å²) in [4.78, 5) is 31.4. The first-order valence-corrected chi connectivity index (χ1v) is 5.49. The number of nitrogens with zero attached hydrogens (tertiary/aromatic N) is 4. The summed E-state index contributed by atoms with van der Waals surface area (Å²) in [6, 6.07) is 0. The average Bonchev–Trinajstić information content (AvgIpc) is 2.91. The van der Waals surface area contributed by atoms with Crippen LogP contribution in [0.4, 0.5) is 5.82 Å². The maximum atomic E-state index is 10.2. The third-order valence-electron chi connectivity index (χ3n) is 1.98. The number of hydrogen-bond acceptors (Lipinski definition) is 7. The van der Waals surface area contributed by atoms with Gasteiger partial charge in [0.15, 0.2) is 18.4 Å². The van der Waals surface area contributed by atoms with Gasteiger partial charge in [-0.3, -0.25) is 19.6 Å². The van der Waals surface area contributed by atoms with Gasteiger partial charge in [-0.15, -0.1) is 0 Å². The van der Waals surface area contributed by atoms with Crippen LogP contribution in [0, 0.1) is 0 Å². The minimum absolute atomic E-state index is 0. The van der Waals surface area contributed by atoms with E-state index in [1.54, 1.807) is 24.9 Å². The Labute approximate surface area is 165 Å². The van der Waals surface area contributed by atoms with E-state index < -0.39 is 0 Å². The van der Waals surface area contributed by atoms with Crippen molar-refractivity contribution in [2.45, 2.75) is 0 Å². The second kappa shape index (κ2) is 14.0. The first kappa shape index (κ1) is 22.3. The van der Waals surface area contributed by atoms with Gasteiger partial charge in [0.1, 0.15) is 11.5 Å². The van der Waals surface area contributed by atoms with Gasteiger partial charge in [0.2, 0.25) is 0 Å². The summed E-state index contributed by atoms with van der Waals surface area (Å²) >= 11 is 0. The molecule has 0 bridgehead atoms. The summed E-state index contributed by atoms with van der Waals surface area (Å²) in [6.45, 7) is 0. The maximum absolute atomic E-state index is 10.2. The predicted octanol–water partition coefficient (Wildman–Crippen LogP) is -3.46. The predicted molar refractivity (Wildman–Crippen MR) is 71.5 cm³/mol. The van der Waals surface area contributed by atoms with Crippen molar-refractivity contribution in [3.8, 4) is 0 Å². The molecule has 0 unspecified atom stereocenters. The van der Waals surface area contributed by atoms with Crippen molar-refractivity contribution in [3.63, 3.8) is 0 Å². The maximum Gasteiger partial charge on any atom is 1.00 e. The monoisotopic (exact) mass is 317 g/mol. The normalized spacial score (nSPS) is 8.00. The van der Waals surface area contributed by atoms with Crippen molar-refractivity contribution in [1.29, 1.82) is 0 Å². The standard InChI is InChI=1S/C6H9N3O.C5H4N2O.CH3O.K/c1-7-5-3-9(2)6(4-10)8-5;8-4-5-3-6-1-2-7-5;1-2;/h3-4,7H,1-2H3;1-4H;1H3;/q;;-1;+1. The van der Waals surface area contributed by atoms with Crippen LogP contribution in [0.2, 0.25) is 0 Å². The molecule has 108 valence electrons. The average molecular weight is 317 g/mol. The van der Waals surface area contributed by atoms with Crippen molar-refractivity contribution in [2.24, 2.45) is 7.05 Å². The van der Waals surface area contributed by atoms with Crippen LogP contribution >= 0.6 is 0 Å². The number of nitrogens with one attached hydrogen (secondary N) is 1. The first-order valence-electron chi connectivity index (χ1n) is 5.49. The summed E-state index contributed by atoms with van der Waals surface area (Å²) in [6.07, 6.45) is 7.54. The number of carbonyl (C=O) groups is 2. The molecule has 9 heteroatoms. The van der Waals surface area contributed by atoms with Gasteiger partial charge >= 0.3 is 51.4 Å². The second-order valence-corrected chi connectivity index (χ2v) is 3.21. The molecule has 0 aliphatic carbocycles. The van der Waals surface area contributed by atoms with Gasteiger partial charge in [-0.05, 0) is 0 Å². The number of aryl methyl sites for hydroxylation is 1. The molecule has 2 heterocycles. The molecule has 0 saturated carbocycles. The van der Waals surface area contributed by atoms with Crippen LogP contribution < -0.4 is 61.8 Å². The Morgan fingerprint density at radius 1 is 1.24 bits per heavy atom. The number of imidazole rings is 1. The van der Waals surface area contributed by atoms with Crippen molar-refractivity contribution in [1.82, 2.24) is 19.5 Å². The third kappa shape index (κ3) is 8.81. The van der Waals surface area contributed by atoms with Gasteiger partial charge in [0.05, 0.1) is 6.20 Å². The number of rotatable bonds is 3. The molecule has 2 aromatic heterocycles. The molecule has 1 N–H and O–H groups in total. The molecule has 0 radical (unpaired) electrons. The largest absolute Gasteiger partial charge is 1.00 e. The topological polar surface area (TPSA) is 113 Å². The summed E-state index contributed by atoms with van der Waals surface area (Å²) in [5.74, 6) is 1.15. The summed E-state index contributed by atoms with van der Waals surface area (Å²) in [5, 5.41) is 11.1. The molecule has 21 heavy (non-hydrogen) atoms. The van der Waals surface area contributed by atoms with Crippen LogP contribution in [0.25, 0.3) is 0 Å². The summed E-state index contributed by atoms with van der Waals surface area (Å²) in [7, 11) is 4.29. The van der Waals surface area contributed by atoms with E-state index in [4.69, 9.17) is 5.11 Å². The van der Waals surface area contributed by atoms with Crippen molar-refractivity contribution >= 4 is 18.4 Å².